The van der Waals surface area contributed by atoms with Gasteiger partial charge in [0.25, 0.3) is 0 Å². The molecule has 1 aromatic carbocycles. The zero-order chi connectivity index (χ0) is 12.4. The highest BCUT2D eigenvalue weighted by Gasteiger charge is 2.10. The van der Waals surface area contributed by atoms with Crippen LogP contribution in [-0.4, -0.2) is 17.0 Å². The first-order valence-electron chi connectivity index (χ1n) is 5.41. The third kappa shape index (κ3) is 2.31. The highest BCUT2D eigenvalue weighted by Crippen LogP contribution is 2.27. The van der Waals surface area contributed by atoms with E-state index in [2.05, 4.69) is 44.2 Å². The summed E-state index contributed by atoms with van der Waals surface area (Å²) in [5, 5.41) is 3.07. The fourth-order valence-electron chi connectivity index (χ4n) is 1.67. The van der Waals surface area contributed by atoms with Gasteiger partial charge in [-0.2, -0.15) is 0 Å². The lowest BCUT2D eigenvalue weighted by Gasteiger charge is -2.10. The van der Waals surface area contributed by atoms with Gasteiger partial charge in [0, 0.05) is 12.6 Å². The fraction of sp³-hybridized carbons (Fsp3) is 0.231. The molecule has 0 atom stereocenters. The van der Waals surface area contributed by atoms with Crippen LogP contribution in [0.25, 0.3) is 11.4 Å². The summed E-state index contributed by atoms with van der Waals surface area (Å²) in [6.45, 7) is 4.03. The summed E-state index contributed by atoms with van der Waals surface area (Å²) in [6.07, 6.45) is 0. The second-order valence-electron chi connectivity index (χ2n) is 3.86. The van der Waals surface area contributed by atoms with E-state index >= 15 is 0 Å². The lowest BCUT2D eigenvalue weighted by Crippen LogP contribution is -2.01. The molecule has 0 saturated heterocycles. The van der Waals surface area contributed by atoms with Gasteiger partial charge in [0.15, 0.2) is 5.82 Å². The number of hydrogen-bond donors (Lipinski definition) is 1. The number of hydrogen-bond acceptors (Lipinski definition) is 3. The molecular formula is C13H14BrN3. The van der Waals surface area contributed by atoms with E-state index in [4.69, 9.17) is 0 Å². The van der Waals surface area contributed by atoms with E-state index in [-0.39, 0.29) is 0 Å². The van der Waals surface area contributed by atoms with Gasteiger partial charge < -0.3 is 5.32 Å². The summed E-state index contributed by atoms with van der Waals surface area (Å²) in [7, 11) is 1.86. The summed E-state index contributed by atoms with van der Waals surface area (Å²) >= 11 is 3.48. The van der Waals surface area contributed by atoms with E-state index in [0.29, 0.717) is 0 Å². The molecular weight excluding hydrogens is 278 g/mol. The molecule has 4 heteroatoms. The molecule has 3 nitrogen and oxygen atoms in total. The molecule has 88 valence electrons. The van der Waals surface area contributed by atoms with Crippen LogP contribution in [0, 0.1) is 13.8 Å². The molecule has 1 N–H and O–H groups in total. The molecule has 2 aromatic rings. The van der Waals surface area contributed by atoms with Crippen LogP contribution in [-0.2, 0) is 0 Å². The van der Waals surface area contributed by atoms with E-state index in [9.17, 15) is 0 Å². The van der Waals surface area contributed by atoms with E-state index in [1.807, 2.05) is 32.2 Å². The van der Waals surface area contributed by atoms with Gasteiger partial charge in [-0.1, -0.05) is 24.3 Å². The van der Waals surface area contributed by atoms with Crippen molar-refractivity contribution in [2.75, 3.05) is 12.4 Å². The van der Waals surface area contributed by atoms with E-state index in [1.54, 1.807) is 0 Å². The average Bonchev–Trinajstić information content (AvgIpc) is 2.33. The minimum atomic E-state index is 0.758. The lowest BCUT2D eigenvalue weighted by atomic mass is 10.1. The predicted octanol–water partition coefficient (Wildman–Crippen LogP) is 3.56. The highest BCUT2D eigenvalue weighted by atomic mass is 79.9. The number of nitrogens with zero attached hydrogens (tertiary/aromatic N) is 2. The molecule has 0 amide bonds. The maximum absolute atomic E-state index is 4.51. The van der Waals surface area contributed by atoms with Crippen LogP contribution < -0.4 is 5.32 Å². The molecule has 0 unspecified atom stereocenters. The molecule has 0 fully saturated rings. The van der Waals surface area contributed by atoms with Crippen LogP contribution in [0.2, 0.25) is 0 Å². The number of halogens is 1. The molecule has 0 aliphatic heterocycles. The van der Waals surface area contributed by atoms with E-state index in [1.165, 1.54) is 5.56 Å². The van der Waals surface area contributed by atoms with Crippen molar-refractivity contribution in [2.45, 2.75) is 13.8 Å². The maximum Gasteiger partial charge on any atom is 0.162 e. The summed E-state index contributed by atoms with van der Waals surface area (Å²) in [4.78, 5) is 9.03. The molecule has 1 heterocycles. The predicted molar refractivity (Wildman–Crippen MR) is 74.2 cm³/mol. The van der Waals surface area contributed by atoms with Crippen molar-refractivity contribution in [1.29, 1.82) is 0 Å². The Morgan fingerprint density at radius 3 is 2.47 bits per heavy atom. The van der Waals surface area contributed by atoms with Gasteiger partial charge in [0.05, 0.1) is 10.2 Å². The zero-order valence-corrected chi connectivity index (χ0v) is 11.7. The van der Waals surface area contributed by atoms with Crippen LogP contribution in [0.15, 0.2) is 28.7 Å². The van der Waals surface area contributed by atoms with Crippen LogP contribution in [0.4, 0.5) is 5.82 Å². The number of benzene rings is 1. The molecule has 1 aromatic heterocycles. The van der Waals surface area contributed by atoms with Crippen LogP contribution in [0.1, 0.15) is 11.3 Å². The molecule has 0 aliphatic rings. The molecule has 0 saturated carbocycles. The monoisotopic (exact) mass is 291 g/mol. The zero-order valence-electron chi connectivity index (χ0n) is 10.1. The Morgan fingerprint density at radius 2 is 1.82 bits per heavy atom. The number of aromatic nitrogens is 2. The summed E-state index contributed by atoms with van der Waals surface area (Å²) in [6, 6.07) is 8.12. The van der Waals surface area contributed by atoms with Crippen molar-refractivity contribution in [3.05, 3.63) is 40.0 Å². The second-order valence-corrected chi connectivity index (χ2v) is 4.65. The topological polar surface area (TPSA) is 37.8 Å². The molecule has 0 radical (unpaired) electrons. The minimum Gasteiger partial charge on any atom is -0.372 e. The van der Waals surface area contributed by atoms with Gasteiger partial charge in [-0.05, 0) is 35.3 Å². The Balaban J connectivity index is 2.61. The third-order valence-corrected chi connectivity index (χ3v) is 3.59. The maximum atomic E-state index is 4.51. The van der Waals surface area contributed by atoms with Gasteiger partial charge in [0.1, 0.15) is 5.82 Å². The lowest BCUT2D eigenvalue weighted by molar-refractivity contribution is 1.09. The summed E-state index contributed by atoms with van der Waals surface area (Å²) < 4.78 is 0.914. The van der Waals surface area contributed by atoms with Crippen LogP contribution >= 0.6 is 15.9 Å². The van der Waals surface area contributed by atoms with Crippen molar-refractivity contribution in [1.82, 2.24) is 9.97 Å². The van der Waals surface area contributed by atoms with Crippen LogP contribution in [0.3, 0.4) is 0 Å². The van der Waals surface area contributed by atoms with Crippen molar-refractivity contribution in [3.8, 4) is 11.4 Å². The van der Waals surface area contributed by atoms with Crippen molar-refractivity contribution in [3.63, 3.8) is 0 Å². The van der Waals surface area contributed by atoms with Gasteiger partial charge >= 0.3 is 0 Å². The van der Waals surface area contributed by atoms with E-state index < -0.39 is 0 Å². The Morgan fingerprint density at radius 1 is 1.12 bits per heavy atom. The molecule has 0 spiro atoms. The Bertz CT molecular complexity index is 552. The van der Waals surface area contributed by atoms with Gasteiger partial charge in [-0.3, -0.25) is 0 Å². The first-order chi connectivity index (χ1) is 8.13. The quantitative estimate of drug-likeness (QED) is 0.919. The molecule has 17 heavy (non-hydrogen) atoms. The molecule has 0 bridgehead atoms. The van der Waals surface area contributed by atoms with Crippen molar-refractivity contribution in [2.24, 2.45) is 0 Å². The number of nitrogens with one attached hydrogen (secondary N) is 1. The minimum absolute atomic E-state index is 0.758. The van der Waals surface area contributed by atoms with Gasteiger partial charge in [0.2, 0.25) is 0 Å². The fourth-order valence-corrected chi connectivity index (χ4v) is 2.04. The van der Waals surface area contributed by atoms with E-state index in [0.717, 1.165) is 27.4 Å². The summed E-state index contributed by atoms with van der Waals surface area (Å²) in [5.74, 6) is 1.57. The van der Waals surface area contributed by atoms with Crippen LogP contribution in [0.5, 0.6) is 0 Å². The molecule has 2 rings (SSSR count). The Kier molecular flexibility index (Phi) is 3.43. The number of aryl methyl sites for hydroxylation is 2. The van der Waals surface area contributed by atoms with Gasteiger partial charge in [-0.15, -0.1) is 0 Å². The normalized spacial score (nSPS) is 10.4. The first kappa shape index (κ1) is 12.0. The average molecular weight is 292 g/mol. The van der Waals surface area contributed by atoms with Crippen molar-refractivity contribution < 1.29 is 0 Å². The SMILES string of the molecule is CNc1nc(-c2ccccc2C)nc(C)c1Br. The number of anilines is 1. The summed E-state index contributed by atoms with van der Waals surface area (Å²) in [5.41, 5.74) is 3.18. The van der Waals surface area contributed by atoms with Gasteiger partial charge in [-0.25, -0.2) is 9.97 Å². The third-order valence-electron chi connectivity index (χ3n) is 2.64. The standard InChI is InChI=1S/C13H14BrN3/c1-8-6-4-5-7-10(8)12-16-9(2)11(14)13(15-3)17-12/h4-7H,1-3H3,(H,15,16,17). The first-order valence-corrected chi connectivity index (χ1v) is 6.20. The Hall–Kier alpha value is -1.42. The largest absolute Gasteiger partial charge is 0.372 e. The smallest absolute Gasteiger partial charge is 0.162 e. The second kappa shape index (κ2) is 4.84. The Labute approximate surface area is 109 Å². The number of rotatable bonds is 2. The molecule has 0 aliphatic carbocycles. The highest BCUT2D eigenvalue weighted by molar-refractivity contribution is 9.10. The van der Waals surface area contributed by atoms with Crippen molar-refractivity contribution >= 4 is 21.7 Å².